The zero-order valence-electron chi connectivity index (χ0n) is 26.3. The molecule has 0 amide bonds. The van der Waals surface area contributed by atoms with Gasteiger partial charge in [0.05, 0.1) is 11.4 Å². The van der Waals surface area contributed by atoms with Gasteiger partial charge in [0.2, 0.25) is 0 Å². The molecule has 3 aromatic rings. The minimum Gasteiger partial charge on any atom is -0.222 e. The van der Waals surface area contributed by atoms with Gasteiger partial charge in [-0.3, -0.25) is 0 Å². The normalized spacial score (nSPS) is 12.6. The van der Waals surface area contributed by atoms with E-state index in [9.17, 15) is 0 Å². The molecule has 39 heavy (non-hydrogen) atoms. The first kappa shape index (κ1) is 30.3. The van der Waals surface area contributed by atoms with Crippen molar-refractivity contribution in [1.82, 2.24) is 0 Å². The van der Waals surface area contributed by atoms with E-state index in [1.807, 2.05) is 0 Å². The number of hydrogen-bond donors (Lipinski definition) is 0. The lowest BCUT2D eigenvalue weighted by atomic mass is 9.92. The molecule has 3 nitrogen and oxygen atoms in total. The Morgan fingerprint density at radius 1 is 0.667 bits per heavy atom. The molecule has 0 aliphatic heterocycles. The van der Waals surface area contributed by atoms with Crippen molar-refractivity contribution in [2.45, 2.75) is 107 Å². The van der Waals surface area contributed by atoms with Gasteiger partial charge in [-0.15, -0.1) is 5.11 Å². The highest BCUT2D eigenvalue weighted by Gasteiger charge is 2.21. The van der Waals surface area contributed by atoms with Gasteiger partial charge in [0.15, 0.2) is 0 Å². The molecule has 0 aromatic heterocycles. The van der Waals surface area contributed by atoms with Crippen molar-refractivity contribution in [2.75, 3.05) is 5.01 Å². The summed E-state index contributed by atoms with van der Waals surface area (Å²) in [6.45, 7) is 26.7. The van der Waals surface area contributed by atoms with Crippen LogP contribution in [-0.2, 0) is 0 Å². The topological polar surface area (TPSA) is 28.0 Å². The van der Waals surface area contributed by atoms with Crippen molar-refractivity contribution in [3.63, 3.8) is 0 Å². The Kier molecular flexibility index (Phi) is 9.93. The number of hydrogen-bond acceptors (Lipinski definition) is 2. The SMILES string of the molecule is C/C(=C\N(N=Nc1c(C(C)C)cccc1C(C)C)c1c(C(C)C)cccc1C(C)C)c1c(C)cc(C)cc1C. The van der Waals surface area contributed by atoms with Crippen molar-refractivity contribution in [2.24, 2.45) is 10.3 Å². The van der Waals surface area contributed by atoms with Gasteiger partial charge in [-0.1, -0.05) is 115 Å². The van der Waals surface area contributed by atoms with E-state index in [1.165, 1.54) is 50.1 Å². The van der Waals surface area contributed by atoms with Crippen molar-refractivity contribution in [1.29, 1.82) is 0 Å². The molecule has 3 aromatic carbocycles. The van der Waals surface area contributed by atoms with E-state index in [-0.39, 0.29) is 0 Å². The van der Waals surface area contributed by atoms with Crippen molar-refractivity contribution < 1.29 is 0 Å². The molecule has 0 heterocycles. The standard InChI is InChI=1S/C36H49N3/c1-22(2)30-15-13-16-31(23(3)4)35(30)37-38-39(21-29(12)34-27(10)19-26(9)20-28(34)11)36-32(24(5)6)17-14-18-33(36)25(7)8/h13-25H,1-12H3/b29-21+,38-37?. The molecule has 0 N–H and O–H groups in total. The molecule has 0 aliphatic carbocycles. The van der Waals surface area contributed by atoms with E-state index in [2.05, 4.69) is 143 Å². The zero-order chi connectivity index (χ0) is 29.0. The summed E-state index contributed by atoms with van der Waals surface area (Å²) in [6.07, 6.45) is 2.19. The molecule has 0 fully saturated rings. The van der Waals surface area contributed by atoms with Gasteiger partial charge in [-0.2, -0.15) is 0 Å². The van der Waals surface area contributed by atoms with E-state index in [4.69, 9.17) is 10.3 Å². The highest BCUT2D eigenvalue weighted by Crippen LogP contribution is 2.39. The molecule has 0 bridgehead atoms. The van der Waals surface area contributed by atoms with Crippen LogP contribution in [0, 0.1) is 20.8 Å². The average molecular weight is 524 g/mol. The van der Waals surface area contributed by atoms with Gasteiger partial charge in [0.1, 0.15) is 0 Å². The lowest BCUT2D eigenvalue weighted by Gasteiger charge is -2.26. The highest BCUT2D eigenvalue weighted by atomic mass is 15.5. The van der Waals surface area contributed by atoms with Crippen LogP contribution in [0.2, 0.25) is 0 Å². The molecule has 0 atom stereocenters. The average Bonchev–Trinajstić information content (AvgIpc) is 2.84. The molecule has 0 radical (unpaired) electrons. The van der Waals surface area contributed by atoms with Gasteiger partial charge >= 0.3 is 0 Å². The zero-order valence-corrected chi connectivity index (χ0v) is 26.3. The Morgan fingerprint density at radius 3 is 1.49 bits per heavy atom. The number of benzene rings is 3. The summed E-state index contributed by atoms with van der Waals surface area (Å²) < 4.78 is 0. The van der Waals surface area contributed by atoms with Gasteiger partial charge in [-0.05, 0) is 95.9 Å². The smallest absolute Gasteiger partial charge is 0.0943 e. The molecule has 208 valence electrons. The van der Waals surface area contributed by atoms with Gasteiger partial charge in [0, 0.05) is 6.20 Å². The summed E-state index contributed by atoms with van der Waals surface area (Å²) in [6, 6.07) is 17.7. The van der Waals surface area contributed by atoms with Crippen LogP contribution in [0.4, 0.5) is 11.4 Å². The summed E-state index contributed by atoms with van der Waals surface area (Å²) in [4.78, 5) is 0. The summed E-state index contributed by atoms with van der Waals surface area (Å²) in [7, 11) is 0. The van der Waals surface area contributed by atoms with Crippen LogP contribution < -0.4 is 5.01 Å². The number of nitrogens with zero attached hydrogens (tertiary/aromatic N) is 3. The third-order valence-corrected chi connectivity index (χ3v) is 7.54. The van der Waals surface area contributed by atoms with Crippen LogP contribution >= 0.6 is 0 Å². The molecule has 0 saturated heterocycles. The molecular formula is C36H49N3. The molecular weight excluding hydrogens is 474 g/mol. The van der Waals surface area contributed by atoms with Crippen LogP contribution in [-0.4, -0.2) is 0 Å². The Balaban J connectivity index is 2.34. The largest absolute Gasteiger partial charge is 0.222 e. The quantitative estimate of drug-likeness (QED) is 0.202. The van der Waals surface area contributed by atoms with Gasteiger partial charge < -0.3 is 0 Å². The van der Waals surface area contributed by atoms with E-state index in [0.29, 0.717) is 23.7 Å². The lowest BCUT2D eigenvalue weighted by Crippen LogP contribution is -2.14. The van der Waals surface area contributed by atoms with E-state index < -0.39 is 0 Å². The van der Waals surface area contributed by atoms with Crippen LogP contribution in [0.1, 0.15) is 130 Å². The monoisotopic (exact) mass is 523 g/mol. The first-order valence-corrected chi connectivity index (χ1v) is 14.6. The van der Waals surface area contributed by atoms with Gasteiger partial charge in [-0.25, -0.2) is 5.01 Å². The van der Waals surface area contributed by atoms with Gasteiger partial charge in [0.25, 0.3) is 0 Å². The molecule has 3 rings (SSSR count). The predicted molar refractivity (Wildman–Crippen MR) is 171 cm³/mol. The van der Waals surface area contributed by atoms with Crippen molar-refractivity contribution >= 4 is 16.9 Å². The Morgan fingerprint density at radius 2 is 1.08 bits per heavy atom. The van der Waals surface area contributed by atoms with E-state index in [1.54, 1.807) is 0 Å². The molecule has 0 unspecified atom stereocenters. The number of para-hydroxylation sites is 1. The fourth-order valence-electron chi connectivity index (χ4n) is 5.68. The highest BCUT2D eigenvalue weighted by molar-refractivity contribution is 5.74. The van der Waals surface area contributed by atoms with Crippen LogP contribution in [0.15, 0.2) is 65.1 Å². The minimum atomic E-state index is 0.349. The number of anilines is 1. The third kappa shape index (κ3) is 6.87. The number of allylic oxidation sites excluding steroid dienone is 1. The Labute approximate surface area is 238 Å². The summed E-state index contributed by atoms with van der Waals surface area (Å²) in [5.74, 6) is 1.41. The van der Waals surface area contributed by atoms with E-state index >= 15 is 0 Å². The third-order valence-electron chi connectivity index (χ3n) is 7.54. The van der Waals surface area contributed by atoms with Crippen LogP contribution in [0.5, 0.6) is 0 Å². The second-order valence-electron chi connectivity index (χ2n) is 12.3. The number of aryl methyl sites for hydroxylation is 3. The Bertz CT molecular complexity index is 1280. The molecule has 0 aliphatic rings. The second-order valence-corrected chi connectivity index (χ2v) is 12.3. The molecule has 0 spiro atoms. The van der Waals surface area contributed by atoms with Crippen LogP contribution in [0.3, 0.4) is 0 Å². The Hall–Kier alpha value is -3.20. The van der Waals surface area contributed by atoms with Crippen LogP contribution in [0.25, 0.3) is 5.57 Å². The summed E-state index contributed by atoms with van der Waals surface area (Å²) >= 11 is 0. The summed E-state index contributed by atoms with van der Waals surface area (Å²) in [5, 5.41) is 12.2. The minimum absolute atomic E-state index is 0.349. The maximum Gasteiger partial charge on any atom is 0.0943 e. The second kappa shape index (κ2) is 12.8. The maximum absolute atomic E-state index is 5.06. The first-order valence-electron chi connectivity index (χ1n) is 14.6. The fourth-order valence-corrected chi connectivity index (χ4v) is 5.68. The van der Waals surface area contributed by atoms with Crippen molar-refractivity contribution in [3.8, 4) is 0 Å². The molecule has 3 heteroatoms. The number of rotatable bonds is 9. The summed E-state index contributed by atoms with van der Waals surface area (Å²) in [5.41, 5.74) is 13.5. The maximum atomic E-state index is 5.06. The molecule has 0 saturated carbocycles. The first-order chi connectivity index (χ1) is 18.3. The fraction of sp³-hybridized carbons (Fsp3) is 0.444. The lowest BCUT2D eigenvalue weighted by molar-refractivity contribution is 0.803. The van der Waals surface area contributed by atoms with Crippen molar-refractivity contribution in [3.05, 3.63) is 99.2 Å². The van der Waals surface area contributed by atoms with E-state index in [0.717, 1.165) is 11.4 Å². The predicted octanol–water partition coefficient (Wildman–Crippen LogP) is 11.7.